The van der Waals surface area contributed by atoms with Crippen LogP contribution < -0.4 is 10.9 Å². The second kappa shape index (κ2) is 8.18. The molecule has 0 atom stereocenters. The Kier molecular flexibility index (Phi) is 5.70. The van der Waals surface area contributed by atoms with Crippen LogP contribution in [0.15, 0.2) is 47.5 Å². The maximum Gasteiger partial charge on any atom is 0.303 e. The summed E-state index contributed by atoms with van der Waals surface area (Å²) in [5.74, 6) is -1.63. The zero-order chi connectivity index (χ0) is 20.3. The highest BCUT2D eigenvalue weighted by Crippen LogP contribution is 2.17. The predicted molar refractivity (Wildman–Crippen MR) is 102 cm³/mol. The smallest absolute Gasteiger partial charge is 0.303 e. The van der Waals surface area contributed by atoms with Crippen LogP contribution in [0, 0.1) is 5.82 Å². The fraction of sp³-hybridized carbons (Fsp3) is 0.158. The topological polar surface area (TPSA) is 90.3 Å². The van der Waals surface area contributed by atoms with Gasteiger partial charge in [-0.05, 0) is 35.9 Å². The van der Waals surface area contributed by atoms with Gasteiger partial charge < -0.3 is 10.1 Å². The van der Waals surface area contributed by atoms with Crippen molar-refractivity contribution >= 4 is 40.1 Å². The number of benzene rings is 2. The molecule has 0 fully saturated rings. The molecule has 0 saturated heterocycles. The molecule has 2 aromatic carbocycles. The molecule has 0 unspecified atom stereocenters. The molecule has 0 aliphatic heterocycles. The lowest BCUT2D eigenvalue weighted by molar-refractivity contribution is -0.144. The Balaban J connectivity index is 1.87. The van der Waals surface area contributed by atoms with Gasteiger partial charge in [0.2, 0.25) is 0 Å². The number of aromatic nitrogens is 2. The van der Waals surface area contributed by atoms with E-state index in [-0.39, 0.29) is 17.1 Å². The maximum absolute atomic E-state index is 13.3. The Morgan fingerprint density at radius 3 is 2.75 bits per heavy atom. The van der Waals surface area contributed by atoms with Crippen molar-refractivity contribution in [3.63, 3.8) is 0 Å². The van der Waals surface area contributed by atoms with Crippen LogP contribution in [0.25, 0.3) is 10.9 Å². The average Bonchev–Trinajstić information content (AvgIpc) is 2.65. The fourth-order valence-corrected chi connectivity index (χ4v) is 2.75. The maximum atomic E-state index is 13.3. The van der Waals surface area contributed by atoms with Gasteiger partial charge in [-0.2, -0.15) is 0 Å². The van der Waals surface area contributed by atoms with Crippen LogP contribution in [0.4, 0.5) is 10.1 Å². The third kappa shape index (κ3) is 4.52. The number of fused-ring (bicyclic) bond motifs is 1. The molecule has 0 radical (unpaired) electrons. The van der Waals surface area contributed by atoms with E-state index in [1.807, 2.05) is 0 Å². The Bertz CT molecular complexity index is 1130. The molecule has 0 aliphatic rings. The highest BCUT2D eigenvalue weighted by atomic mass is 35.5. The number of carbonyl (C=O) groups is 2. The Hall–Kier alpha value is -3.26. The monoisotopic (exact) mass is 403 g/mol. The summed E-state index contributed by atoms with van der Waals surface area (Å²) < 4.78 is 19.3. The molecule has 1 amide bonds. The predicted octanol–water partition coefficient (Wildman–Crippen LogP) is 2.74. The number of esters is 1. The van der Waals surface area contributed by atoms with E-state index in [0.717, 1.165) is 0 Å². The highest BCUT2D eigenvalue weighted by Gasteiger charge is 2.10. The molecule has 7 nitrogen and oxygen atoms in total. The number of amides is 1. The first-order chi connectivity index (χ1) is 13.3. The number of anilines is 1. The van der Waals surface area contributed by atoms with Gasteiger partial charge in [0.1, 0.15) is 5.82 Å². The molecule has 1 aromatic heterocycles. The summed E-state index contributed by atoms with van der Waals surface area (Å²) in [6, 6.07) is 8.88. The summed E-state index contributed by atoms with van der Waals surface area (Å²) in [6.07, 6.45) is 1.39. The van der Waals surface area contributed by atoms with Crippen molar-refractivity contribution < 1.29 is 18.7 Å². The lowest BCUT2D eigenvalue weighted by atomic mass is 10.2. The van der Waals surface area contributed by atoms with E-state index >= 15 is 0 Å². The van der Waals surface area contributed by atoms with Crippen molar-refractivity contribution in [1.82, 2.24) is 9.55 Å². The molecular weight excluding hydrogens is 389 g/mol. The largest absolute Gasteiger partial charge is 0.456 e. The van der Waals surface area contributed by atoms with E-state index < -0.39 is 24.3 Å². The van der Waals surface area contributed by atoms with E-state index in [9.17, 15) is 18.8 Å². The number of carbonyl (C=O) groups excluding carboxylic acids is 2. The van der Waals surface area contributed by atoms with Crippen molar-refractivity contribution in [3.8, 4) is 0 Å². The van der Waals surface area contributed by atoms with Crippen molar-refractivity contribution in [1.29, 1.82) is 0 Å². The van der Waals surface area contributed by atoms with Crippen LogP contribution in [0.1, 0.15) is 12.5 Å². The zero-order valence-electron chi connectivity index (χ0n) is 14.7. The van der Waals surface area contributed by atoms with E-state index in [0.29, 0.717) is 22.2 Å². The van der Waals surface area contributed by atoms with Crippen molar-refractivity contribution in [2.24, 2.45) is 0 Å². The summed E-state index contributed by atoms with van der Waals surface area (Å²) >= 11 is 5.78. The van der Waals surface area contributed by atoms with Crippen molar-refractivity contribution in [2.45, 2.75) is 13.5 Å². The molecule has 144 valence electrons. The Labute approximate surface area is 163 Å². The minimum Gasteiger partial charge on any atom is -0.456 e. The number of ether oxygens (including phenoxy) is 1. The van der Waals surface area contributed by atoms with Gasteiger partial charge in [0.05, 0.1) is 28.8 Å². The molecule has 1 heterocycles. The van der Waals surface area contributed by atoms with Crippen LogP contribution in [0.2, 0.25) is 5.02 Å². The Morgan fingerprint density at radius 1 is 1.25 bits per heavy atom. The average molecular weight is 404 g/mol. The van der Waals surface area contributed by atoms with E-state index in [2.05, 4.69) is 15.0 Å². The highest BCUT2D eigenvalue weighted by molar-refractivity contribution is 6.30. The van der Waals surface area contributed by atoms with E-state index in [1.165, 1.54) is 42.1 Å². The number of nitrogens with zero attached hydrogens (tertiary/aromatic N) is 2. The van der Waals surface area contributed by atoms with Crippen molar-refractivity contribution in [3.05, 3.63) is 69.5 Å². The fourth-order valence-electron chi connectivity index (χ4n) is 2.55. The molecule has 0 aliphatic carbocycles. The Morgan fingerprint density at radius 2 is 2.04 bits per heavy atom. The molecule has 1 N–H and O–H groups in total. The first-order valence-corrected chi connectivity index (χ1v) is 8.57. The lowest BCUT2D eigenvalue weighted by Crippen LogP contribution is -2.22. The SMILES string of the molecule is CC(=O)OCC(=O)Nc1ccc2ncn(Cc3ccc(F)c(Cl)c3)c(=O)c2c1. The van der Waals surface area contributed by atoms with Crippen molar-refractivity contribution in [2.75, 3.05) is 11.9 Å². The van der Waals surface area contributed by atoms with Crippen LogP contribution >= 0.6 is 11.6 Å². The molecular formula is C19H15ClFN3O4. The molecule has 0 saturated carbocycles. The summed E-state index contributed by atoms with van der Waals surface area (Å²) in [4.78, 5) is 39.5. The second-order valence-corrected chi connectivity index (χ2v) is 6.39. The van der Waals surface area contributed by atoms with Gasteiger partial charge in [-0.3, -0.25) is 19.0 Å². The van der Waals surface area contributed by atoms with E-state index in [4.69, 9.17) is 11.6 Å². The molecule has 9 heteroatoms. The number of halogens is 2. The van der Waals surface area contributed by atoms with Crippen LogP contribution in [0.5, 0.6) is 0 Å². The first-order valence-electron chi connectivity index (χ1n) is 8.20. The molecule has 0 bridgehead atoms. The van der Waals surface area contributed by atoms with E-state index in [1.54, 1.807) is 12.1 Å². The molecule has 3 rings (SSSR count). The van der Waals surface area contributed by atoms with Crippen LogP contribution in [-0.4, -0.2) is 28.0 Å². The van der Waals surface area contributed by atoms with Crippen LogP contribution in [0.3, 0.4) is 0 Å². The number of rotatable bonds is 5. The van der Waals surface area contributed by atoms with Gasteiger partial charge in [-0.25, -0.2) is 9.37 Å². The second-order valence-electron chi connectivity index (χ2n) is 5.99. The van der Waals surface area contributed by atoms with Gasteiger partial charge in [0.15, 0.2) is 6.61 Å². The minimum atomic E-state index is -0.568. The summed E-state index contributed by atoms with van der Waals surface area (Å²) in [5, 5.41) is 2.81. The first kappa shape index (κ1) is 19.5. The third-order valence-corrected chi connectivity index (χ3v) is 4.14. The molecule has 3 aromatic rings. The standard InChI is InChI=1S/C19H15ClFN3O4/c1-11(25)28-9-18(26)23-13-3-5-17-14(7-13)19(27)24(10-22-17)8-12-2-4-16(21)15(20)6-12/h2-7,10H,8-9H2,1H3,(H,23,26). The quantitative estimate of drug-likeness (QED) is 0.661. The number of hydrogen-bond acceptors (Lipinski definition) is 5. The third-order valence-electron chi connectivity index (χ3n) is 3.85. The van der Waals surface area contributed by atoms with Gasteiger partial charge in [0, 0.05) is 12.6 Å². The van der Waals surface area contributed by atoms with Crippen LogP contribution in [-0.2, 0) is 20.9 Å². The summed E-state index contributed by atoms with van der Waals surface area (Å²) in [7, 11) is 0. The normalized spacial score (nSPS) is 10.7. The van der Waals surface area contributed by atoms with Gasteiger partial charge >= 0.3 is 5.97 Å². The van der Waals surface area contributed by atoms with Gasteiger partial charge in [0.25, 0.3) is 11.5 Å². The molecule has 0 spiro atoms. The van der Waals surface area contributed by atoms with Gasteiger partial charge in [-0.15, -0.1) is 0 Å². The minimum absolute atomic E-state index is 0.0305. The molecule has 28 heavy (non-hydrogen) atoms. The number of nitrogens with one attached hydrogen (secondary N) is 1. The summed E-state index contributed by atoms with van der Waals surface area (Å²) in [6.45, 7) is 0.937. The summed E-state index contributed by atoms with van der Waals surface area (Å²) in [5.41, 5.74) is 1.13. The zero-order valence-corrected chi connectivity index (χ0v) is 15.5. The number of hydrogen-bond donors (Lipinski definition) is 1. The lowest BCUT2D eigenvalue weighted by Gasteiger charge is -2.09. The van der Waals surface area contributed by atoms with Gasteiger partial charge in [-0.1, -0.05) is 17.7 Å².